The lowest BCUT2D eigenvalue weighted by molar-refractivity contribution is -0.145. The van der Waals surface area contributed by atoms with Gasteiger partial charge in [0, 0.05) is 0 Å². The Labute approximate surface area is 67.6 Å². The third-order valence-corrected chi connectivity index (χ3v) is 2.78. The number of carbonyl (C=O) groups is 1. The SMILES string of the molecule is C[C@@H]1CC[C@@H](C)[C@H](C(=O)O)C1. The van der Waals surface area contributed by atoms with Crippen LogP contribution in [0.25, 0.3) is 0 Å². The molecule has 1 N–H and O–H groups in total. The maximum absolute atomic E-state index is 10.7. The van der Waals surface area contributed by atoms with Gasteiger partial charge in [-0.05, 0) is 24.7 Å². The highest BCUT2D eigenvalue weighted by molar-refractivity contribution is 5.70. The molecule has 0 saturated heterocycles. The van der Waals surface area contributed by atoms with Crippen LogP contribution in [0.15, 0.2) is 0 Å². The van der Waals surface area contributed by atoms with Gasteiger partial charge < -0.3 is 5.11 Å². The number of carboxylic acids is 1. The van der Waals surface area contributed by atoms with Crippen molar-refractivity contribution in [3.05, 3.63) is 0 Å². The Bertz CT molecular complexity index is 154. The molecule has 2 nitrogen and oxygen atoms in total. The second-order valence-electron chi connectivity index (χ2n) is 3.84. The third kappa shape index (κ3) is 1.95. The second-order valence-corrected chi connectivity index (χ2v) is 3.84. The van der Waals surface area contributed by atoms with Gasteiger partial charge in [-0.15, -0.1) is 0 Å². The monoisotopic (exact) mass is 156 g/mol. The molecule has 0 aromatic heterocycles. The molecule has 0 unspecified atom stereocenters. The van der Waals surface area contributed by atoms with E-state index >= 15 is 0 Å². The first-order chi connectivity index (χ1) is 5.11. The van der Waals surface area contributed by atoms with Crippen molar-refractivity contribution in [3.63, 3.8) is 0 Å². The molecule has 0 aromatic carbocycles. The molecule has 1 fully saturated rings. The molecule has 1 aliphatic rings. The molecule has 1 saturated carbocycles. The summed E-state index contributed by atoms with van der Waals surface area (Å²) in [4.78, 5) is 10.7. The molecule has 1 rings (SSSR count). The van der Waals surface area contributed by atoms with E-state index in [1.807, 2.05) is 6.92 Å². The lowest BCUT2D eigenvalue weighted by Gasteiger charge is -2.29. The van der Waals surface area contributed by atoms with Crippen molar-refractivity contribution in [1.82, 2.24) is 0 Å². The van der Waals surface area contributed by atoms with E-state index < -0.39 is 5.97 Å². The fourth-order valence-electron chi connectivity index (χ4n) is 1.88. The molecular weight excluding hydrogens is 140 g/mol. The van der Waals surface area contributed by atoms with Crippen LogP contribution in [0.4, 0.5) is 0 Å². The lowest BCUT2D eigenvalue weighted by atomic mass is 9.76. The van der Waals surface area contributed by atoms with Crippen molar-refractivity contribution >= 4 is 5.97 Å². The highest BCUT2D eigenvalue weighted by atomic mass is 16.4. The average molecular weight is 156 g/mol. The van der Waals surface area contributed by atoms with Crippen LogP contribution in [0.2, 0.25) is 0 Å². The van der Waals surface area contributed by atoms with E-state index in [0.717, 1.165) is 12.8 Å². The molecule has 3 atom stereocenters. The van der Waals surface area contributed by atoms with Gasteiger partial charge in [-0.1, -0.05) is 20.3 Å². The summed E-state index contributed by atoms with van der Waals surface area (Å²) < 4.78 is 0. The maximum Gasteiger partial charge on any atom is 0.306 e. The molecule has 2 heteroatoms. The van der Waals surface area contributed by atoms with Gasteiger partial charge in [0.05, 0.1) is 5.92 Å². The summed E-state index contributed by atoms with van der Waals surface area (Å²) in [7, 11) is 0. The van der Waals surface area contributed by atoms with E-state index in [-0.39, 0.29) is 5.92 Å². The summed E-state index contributed by atoms with van der Waals surface area (Å²) in [5.74, 6) is 0.291. The van der Waals surface area contributed by atoms with E-state index in [9.17, 15) is 4.79 Å². The summed E-state index contributed by atoms with van der Waals surface area (Å²) in [6, 6.07) is 0. The lowest BCUT2D eigenvalue weighted by Crippen LogP contribution is -2.28. The van der Waals surface area contributed by atoms with Crippen LogP contribution in [0.5, 0.6) is 0 Å². The Morgan fingerprint density at radius 1 is 1.36 bits per heavy atom. The van der Waals surface area contributed by atoms with E-state index in [1.165, 1.54) is 6.42 Å². The van der Waals surface area contributed by atoms with Crippen LogP contribution < -0.4 is 0 Å². The van der Waals surface area contributed by atoms with Gasteiger partial charge >= 0.3 is 5.97 Å². The van der Waals surface area contributed by atoms with E-state index in [1.54, 1.807) is 0 Å². The average Bonchev–Trinajstić information content (AvgIpc) is 1.94. The van der Waals surface area contributed by atoms with E-state index in [2.05, 4.69) is 6.92 Å². The molecule has 0 radical (unpaired) electrons. The fraction of sp³-hybridized carbons (Fsp3) is 0.889. The zero-order chi connectivity index (χ0) is 8.43. The number of rotatable bonds is 1. The van der Waals surface area contributed by atoms with Crippen molar-refractivity contribution in [2.45, 2.75) is 33.1 Å². The van der Waals surface area contributed by atoms with Crippen molar-refractivity contribution < 1.29 is 9.90 Å². The van der Waals surface area contributed by atoms with Gasteiger partial charge in [0.25, 0.3) is 0 Å². The highest BCUT2D eigenvalue weighted by Gasteiger charge is 2.30. The Hall–Kier alpha value is -0.530. The third-order valence-electron chi connectivity index (χ3n) is 2.78. The van der Waals surface area contributed by atoms with Gasteiger partial charge in [0.2, 0.25) is 0 Å². The maximum atomic E-state index is 10.7. The molecule has 0 amide bonds. The Kier molecular flexibility index (Phi) is 2.53. The minimum Gasteiger partial charge on any atom is -0.481 e. The number of aliphatic carboxylic acids is 1. The summed E-state index contributed by atoms with van der Waals surface area (Å²) in [5, 5.41) is 8.83. The topological polar surface area (TPSA) is 37.3 Å². The second kappa shape index (κ2) is 3.24. The van der Waals surface area contributed by atoms with Crippen LogP contribution in [0.1, 0.15) is 33.1 Å². The minimum atomic E-state index is -0.607. The minimum absolute atomic E-state index is 0.0845. The first kappa shape index (κ1) is 8.57. The van der Waals surface area contributed by atoms with E-state index in [0.29, 0.717) is 11.8 Å². The van der Waals surface area contributed by atoms with Crippen molar-refractivity contribution in [3.8, 4) is 0 Å². The van der Waals surface area contributed by atoms with Gasteiger partial charge in [-0.3, -0.25) is 4.79 Å². The zero-order valence-electron chi connectivity index (χ0n) is 7.21. The van der Waals surface area contributed by atoms with Crippen LogP contribution in [-0.2, 0) is 4.79 Å². The molecule has 0 aliphatic heterocycles. The molecule has 64 valence electrons. The predicted molar refractivity (Wildman–Crippen MR) is 43.3 cm³/mol. The van der Waals surface area contributed by atoms with Crippen LogP contribution in [0, 0.1) is 17.8 Å². The summed E-state index contributed by atoms with van der Waals surface area (Å²) in [6.07, 6.45) is 3.15. The van der Waals surface area contributed by atoms with Crippen molar-refractivity contribution in [2.75, 3.05) is 0 Å². The highest BCUT2D eigenvalue weighted by Crippen LogP contribution is 2.33. The first-order valence-corrected chi connectivity index (χ1v) is 4.34. The van der Waals surface area contributed by atoms with Crippen molar-refractivity contribution in [2.24, 2.45) is 17.8 Å². The Balaban J connectivity index is 2.54. The summed E-state index contributed by atoms with van der Waals surface area (Å²) in [5.41, 5.74) is 0. The molecule has 0 bridgehead atoms. The largest absolute Gasteiger partial charge is 0.481 e. The fourth-order valence-corrected chi connectivity index (χ4v) is 1.88. The van der Waals surface area contributed by atoms with Crippen LogP contribution in [-0.4, -0.2) is 11.1 Å². The number of hydrogen-bond acceptors (Lipinski definition) is 1. The Morgan fingerprint density at radius 2 is 2.00 bits per heavy atom. The quantitative estimate of drug-likeness (QED) is 0.631. The van der Waals surface area contributed by atoms with E-state index in [4.69, 9.17) is 5.11 Å². The van der Waals surface area contributed by atoms with Crippen molar-refractivity contribution in [1.29, 1.82) is 0 Å². The van der Waals surface area contributed by atoms with Gasteiger partial charge in [-0.25, -0.2) is 0 Å². The molecule has 0 heterocycles. The van der Waals surface area contributed by atoms with Gasteiger partial charge in [0.15, 0.2) is 0 Å². The molecule has 1 aliphatic carbocycles. The number of hydrogen-bond donors (Lipinski definition) is 1. The Morgan fingerprint density at radius 3 is 2.45 bits per heavy atom. The zero-order valence-corrected chi connectivity index (χ0v) is 7.21. The molecule has 0 spiro atoms. The molecule has 0 aromatic rings. The summed E-state index contributed by atoms with van der Waals surface area (Å²) in [6.45, 7) is 4.19. The molecule has 11 heavy (non-hydrogen) atoms. The predicted octanol–water partition coefficient (Wildman–Crippen LogP) is 2.14. The van der Waals surface area contributed by atoms with Gasteiger partial charge in [-0.2, -0.15) is 0 Å². The van der Waals surface area contributed by atoms with Crippen LogP contribution >= 0.6 is 0 Å². The first-order valence-electron chi connectivity index (χ1n) is 4.34. The van der Waals surface area contributed by atoms with Gasteiger partial charge in [0.1, 0.15) is 0 Å². The standard InChI is InChI=1S/C9H16O2/c1-6-3-4-7(2)8(5-6)9(10)11/h6-8H,3-5H2,1-2H3,(H,10,11)/t6-,7-,8-/m1/s1. The molecular formula is C9H16O2. The normalized spacial score (nSPS) is 38.5. The number of carboxylic acid groups (broad SMARTS) is 1. The summed E-state index contributed by atoms with van der Waals surface area (Å²) >= 11 is 0. The van der Waals surface area contributed by atoms with Crippen LogP contribution in [0.3, 0.4) is 0 Å². The smallest absolute Gasteiger partial charge is 0.306 e.